The molecule has 0 unspecified atom stereocenters. The van der Waals surface area contributed by atoms with Gasteiger partial charge >= 0.3 is 0 Å². The van der Waals surface area contributed by atoms with Crippen molar-refractivity contribution in [1.82, 2.24) is 9.80 Å². The lowest BCUT2D eigenvalue weighted by Crippen LogP contribution is -2.52. The summed E-state index contributed by atoms with van der Waals surface area (Å²) in [5.74, 6) is 1.86. The minimum absolute atomic E-state index is 0.0579. The Balaban J connectivity index is 1.57. The molecular weight excluding hydrogens is 342 g/mol. The molecule has 146 valence electrons. The second-order valence-electron chi connectivity index (χ2n) is 7.26. The fourth-order valence-corrected chi connectivity index (χ4v) is 3.66. The minimum atomic E-state index is -0.0579. The van der Waals surface area contributed by atoms with E-state index in [0.29, 0.717) is 6.04 Å². The number of nitrogens with zero attached hydrogens (tertiary/aromatic N) is 2. The van der Waals surface area contributed by atoms with Crippen molar-refractivity contribution in [2.75, 3.05) is 31.6 Å². The van der Waals surface area contributed by atoms with Crippen molar-refractivity contribution in [3.8, 4) is 0 Å². The van der Waals surface area contributed by atoms with Crippen molar-refractivity contribution in [2.45, 2.75) is 39.4 Å². The number of nitrogens with one attached hydrogen (secondary N) is 1. The molecule has 27 heavy (non-hydrogen) atoms. The van der Waals surface area contributed by atoms with Crippen molar-refractivity contribution in [1.29, 1.82) is 0 Å². The molecule has 1 fully saturated rings. The quantitative estimate of drug-likeness (QED) is 0.783. The maximum absolute atomic E-state index is 11.1. The average molecular weight is 371 g/mol. The molecule has 0 radical (unpaired) electrons. The summed E-state index contributed by atoms with van der Waals surface area (Å²) in [4.78, 5) is 16.0. The summed E-state index contributed by atoms with van der Waals surface area (Å²) in [6, 6.07) is 12.3. The zero-order valence-corrected chi connectivity index (χ0v) is 16.1. The summed E-state index contributed by atoms with van der Waals surface area (Å²) >= 11 is 0. The monoisotopic (exact) mass is 371 g/mol. The fourth-order valence-electron chi connectivity index (χ4n) is 3.66. The van der Waals surface area contributed by atoms with Gasteiger partial charge in [0, 0.05) is 51.4 Å². The van der Waals surface area contributed by atoms with Gasteiger partial charge in [0.05, 0.1) is 6.54 Å². The lowest BCUT2D eigenvalue weighted by atomic mass is 10.1. The highest BCUT2D eigenvalue weighted by Gasteiger charge is 2.27. The van der Waals surface area contributed by atoms with Crippen molar-refractivity contribution < 1.29 is 14.3 Å². The Morgan fingerprint density at radius 1 is 1.19 bits per heavy atom. The highest BCUT2D eigenvalue weighted by atomic mass is 16.3. The predicted octanol–water partition coefficient (Wildman–Crippen LogP) is 2.62. The van der Waals surface area contributed by atoms with Crippen LogP contribution in [0.25, 0.3) is 0 Å². The summed E-state index contributed by atoms with van der Waals surface area (Å²) in [6.07, 6.45) is 0.762. The third-order valence-electron chi connectivity index (χ3n) is 4.99. The molecule has 3 rings (SSSR count). The second kappa shape index (κ2) is 9.17. The van der Waals surface area contributed by atoms with Gasteiger partial charge < -0.3 is 14.8 Å². The Morgan fingerprint density at radius 3 is 2.59 bits per heavy atom. The van der Waals surface area contributed by atoms with Crippen molar-refractivity contribution in [3.63, 3.8) is 0 Å². The van der Waals surface area contributed by atoms with Crippen LogP contribution in [0.3, 0.4) is 0 Å². The summed E-state index contributed by atoms with van der Waals surface area (Å²) < 4.78 is 5.73. The lowest BCUT2D eigenvalue weighted by Gasteiger charge is -2.41. The molecule has 2 heterocycles. The van der Waals surface area contributed by atoms with Gasteiger partial charge in [-0.2, -0.15) is 0 Å². The van der Waals surface area contributed by atoms with Crippen LogP contribution < -0.4 is 5.32 Å². The van der Waals surface area contributed by atoms with Gasteiger partial charge in [-0.15, -0.1) is 0 Å². The molecule has 2 N–H and O–H groups in total. The number of aliphatic hydroxyl groups is 1. The number of piperazine rings is 1. The van der Waals surface area contributed by atoms with Crippen LogP contribution in [0.1, 0.15) is 30.4 Å². The van der Waals surface area contributed by atoms with Crippen LogP contribution in [-0.2, 0) is 17.9 Å². The van der Waals surface area contributed by atoms with Gasteiger partial charge in [-0.3, -0.25) is 14.6 Å². The van der Waals surface area contributed by atoms with Crippen LogP contribution in [0.4, 0.5) is 5.69 Å². The molecule has 0 saturated carbocycles. The standard InChI is InChI=1S/C21H29N3O3/c1-16-3-8-21(27-16)15-24-11-10-23(14-20(24)9-12-25)13-18-4-6-19(7-5-18)22-17(2)26/h3-8,20,25H,9-15H2,1-2H3,(H,22,26)/t20-/m1/s1. The van der Waals surface area contributed by atoms with E-state index in [1.54, 1.807) is 0 Å². The van der Waals surface area contributed by atoms with E-state index in [9.17, 15) is 9.90 Å². The highest BCUT2D eigenvalue weighted by molar-refractivity contribution is 5.88. The van der Waals surface area contributed by atoms with Crippen molar-refractivity contribution >= 4 is 11.6 Å². The van der Waals surface area contributed by atoms with Gasteiger partial charge in [-0.25, -0.2) is 0 Å². The van der Waals surface area contributed by atoms with E-state index in [1.165, 1.54) is 12.5 Å². The normalized spacial score (nSPS) is 18.6. The number of aryl methyl sites for hydroxylation is 1. The second-order valence-corrected chi connectivity index (χ2v) is 7.26. The summed E-state index contributed by atoms with van der Waals surface area (Å²) in [5.41, 5.74) is 2.05. The van der Waals surface area contributed by atoms with Crippen LogP contribution in [0.5, 0.6) is 0 Å². The summed E-state index contributed by atoms with van der Waals surface area (Å²) in [6.45, 7) is 8.19. The Morgan fingerprint density at radius 2 is 1.96 bits per heavy atom. The molecule has 1 amide bonds. The number of anilines is 1. The number of aliphatic hydroxyl groups excluding tert-OH is 1. The van der Waals surface area contributed by atoms with E-state index < -0.39 is 0 Å². The molecule has 1 aliphatic rings. The first-order chi connectivity index (χ1) is 13.0. The maximum Gasteiger partial charge on any atom is 0.221 e. The zero-order valence-electron chi connectivity index (χ0n) is 16.1. The first kappa shape index (κ1) is 19.6. The Labute approximate surface area is 160 Å². The third kappa shape index (κ3) is 5.66. The Hall–Kier alpha value is -2.15. The summed E-state index contributed by atoms with van der Waals surface area (Å²) in [7, 11) is 0. The molecule has 1 aliphatic heterocycles. The number of carbonyl (C=O) groups excluding carboxylic acids is 1. The van der Waals surface area contributed by atoms with Crippen LogP contribution in [0, 0.1) is 6.92 Å². The molecule has 6 heteroatoms. The number of furan rings is 1. The molecule has 6 nitrogen and oxygen atoms in total. The fraction of sp³-hybridized carbons (Fsp3) is 0.476. The van der Waals surface area contributed by atoms with E-state index in [1.807, 2.05) is 31.2 Å². The molecular formula is C21H29N3O3. The maximum atomic E-state index is 11.1. The molecule has 0 aliphatic carbocycles. The number of rotatable bonds is 7. The van der Waals surface area contributed by atoms with Crippen LogP contribution in [0.15, 0.2) is 40.8 Å². The van der Waals surface area contributed by atoms with E-state index in [4.69, 9.17) is 4.42 Å². The SMILES string of the molecule is CC(=O)Nc1ccc(CN2CCN(Cc3ccc(C)o3)[C@H](CCO)C2)cc1. The molecule has 1 atom stereocenters. The van der Waals surface area contributed by atoms with E-state index in [0.717, 1.165) is 56.4 Å². The first-order valence-corrected chi connectivity index (χ1v) is 9.52. The summed E-state index contributed by atoms with van der Waals surface area (Å²) in [5, 5.41) is 12.3. The van der Waals surface area contributed by atoms with Gasteiger partial charge in [0.1, 0.15) is 11.5 Å². The van der Waals surface area contributed by atoms with Gasteiger partial charge in [0.15, 0.2) is 0 Å². The Bertz CT molecular complexity index is 741. The lowest BCUT2D eigenvalue weighted by molar-refractivity contribution is -0.114. The topological polar surface area (TPSA) is 69.0 Å². The number of benzene rings is 1. The zero-order chi connectivity index (χ0) is 19.2. The number of hydrogen-bond acceptors (Lipinski definition) is 5. The number of hydrogen-bond donors (Lipinski definition) is 2. The molecule has 1 aromatic heterocycles. The van der Waals surface area contributed by atoms with Crippen molar-refractivity contribution in [2.24, 2.45) is 0 Å². The third-order valence-corrected chi connectivity index (χ3v) is 4.99. The van der Waals surface area contributed by atoms with E-state index in [-0.39, 0.29) is 12.5 Å². The van der Waals surface area contributed by atoms with Gasteiger partial charge in [-0.05, 0) is 43.2 Å². The minimum Gasteiger partial charge on any atom is -0.465 e. The number of amides is 1. The van der Waals surface area contributed by atoms with Crippen LogP contribution in [-0.4, -0.2) is 53.1 Å². The largest absolute Gasteiger partial charge is 0.465 e. The predicted molar refractivity (Wildman–Crippen MR) is 105 cm³/mol. The molecule has 0 spiro atoms. The number of carbonyl (C=O) groups is 1. The van der Waals surface area contributed by atoms with Crippen LogP contribution in [0.2, 0.25) is 0 Å². The van der Waals surface area contributed by atoms with Crippen molar-refractivity contribution in [3.05, 3.63) is 53.5 Å². The smallest absolute Gasteiger partial charge is 0.221 e. The average Bonchev–Trinajstić information content (AvgIpc) is 3.04. The van der Waals surface area contributed by atoms with Crippen LogP contribution >= 0.6 is 0 Å². The molecule has 1 saturated heterocycles. The highest BCUT2D eigenvalue weighted by Crippen LogP contribution is 2.20. The van der Waals surface area contributed by atoms with E-state index >= 15 is 0 Å². The van der Waals surface area contributed by atoms with Gasteiger partial charge in [-0.1, -0.05) is 12.1 Å². The molecule has 0 bridgehead atoms. The van der Waals surface area contributed by atoms with Gasteiger partial charge in [0.25, 0.3) is 0 Å². The molecule has 1 aromatic carbocycles. The van der Waals surface area contributed by atoms with Gasteiger partial charge in [0.2, 0.25) is 5.91 Å². The van der Waals surface area contributed by atoms with E-state index in [2.05, 4.69) is 27.2 Å². The Kier molecular flexibility index (Phi) is 6.66. The molecule has 2 aromatic rings. The first-order valence-electron chi connectivity index (χ1n) is 9.52.